The number of nitrogen functional groups attached to an aromatic ring is 1. The third-order valence-corrected chi connectivity index (χ3v) is 3.42. The summed E-state index contributed by atoms with van der Waals surface area (Å²) in [6.07, 6.45) is 8.39. The van der Waals surface area contributed by atoms with E-state index in [9.17, 15) is 4.79 Å². The molecule has 4 N–H and O–H groups in total. The summed E-state index contributed by atoms with van der Waals surface area (Å²) in [5, 5.41) is 11.9. The van der Waals surface area contributed by atoms with E-state index in [-0.39, 0.29) is 5.56 Å². The molecule has 0 atom stereocenters. The van der Waals surface area contributed by atoms with Gasteiger partial charge in [0.15, 0.2) is 0 Å². The molecule has 1 rings (SSSR count). The lowest BCUT2D eigenvalue weighted by Crippen LogP contribution is -2.20. The van der Waals surface area contributed by atoms with Crippen molar-refractivity contribution in [3.8, 4) is 0 Å². The third kappa shape index (κ3) is 13.8. The van der Waals surface area contributed by atoms with Gasteiger partial charge in [-0.1, -0.05) is 52.9 Å². The van der Waals surface area contributed by atoms with Crippen LogP contribution in [-0.4, -0.2) is 24.2 Å². The van der Waals surface area contributed by atoms with Gasteiger partial charge in [-0.25, -0.2) is 4.79 Å². The third-order valence-electron chi connectivity index (χ3n) is 3.42. The fourth-order valence-electron chi connectivity index (χ4n) is 2.05. The molecular formula is C19H34N2O2. The highest BCUT2D eigenvalue weighted by Gasteiger charge is 1.98. The number of nitrogens with two attached hydrogens (primary N) is 1. The zero-order valence-electron chi connectivity index (χ0n) is 15.0. The normalized spacial score (nSPS) is 10.3. The first kappa shape index (κ1) is 21.4. The summed E-state index contributed by atoms with van der Waals surface area (Å²) in [5.74, 6) is -0.139. The van der Waals surface area contributed by atoms with Gasteiger partial charge in [-0.05, 0) is 49.7 Å². The molecule has 1 aromatic carbocycles. The van der Waals surface area contributed by atoms with Crippen molar-refractivity contribution in [3.63, 3.8) is 0 Å². The minimum absolute atomic E-state index is 0.259. The van der Waals surface area contributed by atoms with Crippen LogP contribution in [0.25, 0.3) is 0 Å². The minimum Gasteiger partial charge on any atom is -0.478 e. The molecule has 0 bridgehead atoms. The van der Waals surface area contributed by atoms with Crippen LogP contribution in [0, 0.1) is 5.92 Å². The van der Waals surface area contributed by atoms with Crippen molar-refractivity contribution >= 4 is 11.7 Å². The van der Waals surface area contributed by atoms with Crippen molar-refractivity contribution < 1.29 is 9.90 Å². The Morgan fingerprint density at radius 1 is 1.09 bits per heavy atom. The number of aromatic carboxylic acids is 1. The number of carboxylic acid groups (broad SMARTS) is 1. The molecule has 0 aliphatic heterocycles. The number of carbonyl (C=O) groups is 1. The van der Waals surface area contributed by atoms with Crippen molar-refractivity contribution in [3.05, 3.63) is 29.8 Å². The predicted octanol–water partition coefficient (Wildman–Crippen LogP) is 4.56. The van der Waals surface area contributed by atoms with E-state index in [1.165, 1.54) is 63.7 Å². The average molecular weight is 322 g/mol. The molecule has 132 valence electrons. The smallest absolute Gasteiger partial charge is 0.335 e. The molecule has 0 radical (unpaired) electrons. The molecule has 0 saturated carbocycles. The first-order valence-electron chi connectivity index (χ1n) is 8.76. The summed E-state index contributed by atoms with van der Waals surface area (Å²) in [4.78, 5) is 10.3. The van der Waals surface area contributed by atoms with E-state index in [0.29, 0.717) is 5.69 Å². The van der Waals surface area contributed by atoms with Gasteiger partial charge in [-0.15, -0.1) is 0 Å². The largest absolute Gasteiger partial charge is 0.478 e. The van der Waals surface area contributed by atoms with Gasteiger partial charge in [0, 0.05) is 5.69 Å². The summed E-state index contributed by atoms with van der Waals surface area (Å²) in [7, 11) is 0. The van der Waals surface area contributed by atoms with Gasteiger partial charge in [0.1, 0.15) is 0 Å². The van der Waals surface area contributed by atoms with Gasteiger partial charge in [-0.2, -0.15) is 0 Å². The number of carboxylic acids is 1. The first-order chi connectivity index (χ1) is 11.0. The molecule has 23 heavy (non-hydrogen) atoms. The van der Waals surface area contributed by atoms with E-state index in [1.54, 1.807) is 12.1 Å². The van der Waals surface area contributed by atoms with Crippen molar-refractivity contribution in [2.75, 3.05) is 18.8 Å². The van der Waals surface area contributed by atoms with Gasteiger partial charge in [0.25, 0.3) is 0 Å². The number of benzene rings is 1. The van der Waals surface area contributed by atoms with E-state index in [4.69, 9.17) is 10.8 Å². The number of rotatable bonds is 10. The van der Waals surface area contributed by atoms with Crippen LogP contribution in [-0.2, 0) is 0 Å². The highest BCUT2D eigenvalue weighted by molar-refractivity contribution is 5.87. The molecule has 0 saturated heterocycles. The molecule has 0 amide bonds. The maximum absolute atomic E-state index is 10.3. The summed E-state index contributed by atoms with van der Waals surface area (Å²) in [6, 6.07) is 6.06. The Hall–Kier alpha value is -1.55. The minimum atomic E-state index is -0.931. The summed E-state index contributed by atoms with van der Waals surface area (Å²) >= 11 is 0. The molecule has 0 unspecified atom stereocenters. The molecule has 0 heterocycles. The number of hydrogen-bond acceptors (Lipinski definition) is 3. The van der Waals surface area contributed by atoms with Gasteiger partial charge in [0.05, 0.1) is 5.56 Å². The van der Waals surface area contributed by atoms with Crippen molar-refractivity contribution in [1.29, 1.82) is 0 Å². The molecular weight excluding hydrogens is 288 g/mol. The van der Waals surface area contributed by atoms with Crippen LogP contribution in [0.4, 0.5) is 5.69 Å². The van der Waals surface area contributed by atoms with Gasteiger partial charge < -0.3 is 16.2 Å². The highest BCUT2D eigenvalue weighted by Crippen LogP contribution is 2.05. The zero-order chi connectivity index (χ0) is 17.5. The van der Waals surface area contributed by atoms with Gasteiger partial charge >= 0.3 is 5.97 Å². The SMILES string of the molecule is CCCCCCCCNCC(C)C.Nc1ccc(C(=O)O)cc1. The van der Waals surface area contributed by atoms with Crippen molar-refractivity contribution in [1.82, 2.24) is 5.32 Å². The maximum Gasteiger partial charge on any atom is 0.335 e. The Morgan fingerprint density at radius 3 is 2.17 bits per heavy atom. The van der Waals surface area contributed by atoms with Gasteiger partial charge in [0.2, 0.25) is 0 Å². The van der Waals surface area contributed by atoms with E-state index in [2.05, 4.69) is 26.1 Å². The van der Waals surface area contributed by atoms with E-state index in [0.717, 1.165) is 5.92 Å². The average Bonchev–Trinajstić information content (AvgIpc) is 2.51. The molecule has 0 aliphatic carbocycles. The van der Waals surface area contributed by atoms with Crippen molar-refractivity contribution in [2.45, 2.75) is 59.3 Å². The van der Waals surface area contributed by atoms with Crippen LogP contribution in [0.15, 0.2) is 24.3 Å². The number of nitrogens with one attached hydrogen (secondary N) is 1. The Morgan fingerprint density at radius 2 is 1.65 bits per heavy atom. The van der Waals surface area contributed by atoms with Gasteiger partial charge in [-0.3, -0.25) is 0 Å². The van der Waals surface area contributed by atoms with Crippen LogP contribution in [0.5, 0.6) is 0 Å². The number of anilines is 1. The molecule has 0 aliphatic rings. The van der Waals surface area contributed by atoms with Crippen molar-refractivity contribution in [2.24, 2.45) is 5.92 Å². The fourth-order valence-corrected chi connectivity index (χ4v) is 2.05. The Bertz CT molecular complexity index is 402. The van der Waals surface area contributed by atoms with E-state index < -0.39 is 5.97 Å². The first-order valence-corrected chi connectivity index (χ1v) is 8.76. The Labute approximate surface area is 141 Å². The predicted molar refractivity (Wildman–Crippen MR) is 98.9 cm³/mol. The molecule has 1 aromatic rings. The highest BCUT2D eigenvalue weighted by atomic mass is 16.4. The summed E-state index contributed by atoms with van der Waals surface area (Å²) in [6.45, 7) is 9.17. The molecule has 4 nitrogen and oxygen atoms in total. The molecule has 0 spiro atoms. The quantitative estimate of drug-likeness (QED) is 0.436. The molecule has 4 heteroatoms. The number of unbranched alkanes of at least 4 members (excludes halogenated alkanes) is 5. The van der Waals surface area contributed by atoms with Crippen LogP contribution < -0.4 is 11.1 Å². The standard InChI is InChI=1S/C12H27N.C7H7NO2/c1-4-5-6-7-8-9-10-13-11-12(2)3;8-6-3-1-5(2-4-6)7(9)10/h12-13H,4-11H2,1-3H3;1-4H,8H2,(H,9,10). The maximum atomic E-state index is 10.3. The lowest BCUT2D eigenvalue weighted by atomic mass is 10.1. The van der Waals surface area contributed by atoms with E-state index in [1.807, 2.05) is 0 Å². The summed E-state index contributed by atoms with van der Waals surface area (Å²) in [5.41, 5.74) is 6.17. The number of hydrogen-bond donors (Lipinski definition) is 3. The van der Waals surface area contributed by atoms with Crippen LogP contribution in [0.1, 0.15) is 69.7 Å². The lowest BCUT2D eigenvalue weighted by Gasteiger charge is -2.06. The molecule has 0 aromatic heterocycles. The van der Waals surface area contributed by atoms with E-state index >= 15 is 0 Å². The zero-order valence-corrected chi connectivity index (χ0v) is 15.0. The topological polar surface area (TPSA) is 75.3 Å². The second-order valence-corrected chi connectivity index (χ2v) is 6.29. The molecule has 0 fully saturated rings. The monoisotopic (exact) mass is 322 g/mol. The second-order valence-electron chi connectivity index (χ2n) is 6.29. The van der Waals surface area contributed by atoms with Crippen LogP contribution in [0.3, 0.4) is 0 Å². The van der Waals surface area contributed by atoms with Crippen LogP contribution >= 0.6 is 0 Å². The van der Waals surface area contributed by atoms with Crippen LogP contribution in [0.2, 0.25) is 0 Å². The lowest BCUT2D eigenvalue weighted by molar-refractivity contribution is 0.0697. The fraction of sp³-hybridized carbons (Fsp3) is 0.632. The summed E-state index contributed by atoms with van der Waals surface area (Å²) < 4.78 is 0. The Balaban J connectivity index is 0.000000433. The second kappa shape index (κ2) is 14.1. The Kier molecular flexibility index (Phi) is 13.1.